The molecule has 23 heavy (non-hydrogen) atoms. The van der Waals surface area contributed by atoms with Gasteiger partial charge in [-0.15, -0.1) is 0 Å². The summed E-state index contributed by atoms with van der Waals surface area (Å²) in [5, 5.41) is 18.2. The van der Waals surface area contributed by atoms with Gasteiger partial charge in [0.25, 0.3) is 5.69 Å². The van der Waals surface area contributed by atoms with Crippen molar-refractivity contribution in [3.63, 3.8) is 0 Å². The van der Waals surface area contributed by atoms with E-state index >= 15 is 0 Å². The second-order valence-electron chi connectivity index (χ2n) is 4.92. The molecule has 2 N–H and O–H groups in total. The van der Waals surface area contributed by atoms with Crippen LogP contribution in [0.5, 0.6) is 0 Å². The maximum absolute atomic E-state index is 12.0. The van der Waals surface area contributed by atoms with Gasteiger partial charge in [-0.05, 0) is 29.0 Å². The number of nitro groups is 1. The predicted octanol–water partition coefficient (Wildman–Crippen LogP) is 4.39. The molecule has 3 aromatic carbocycles. The lowest BCUT2D eigenvalue weighted by Crippen LogP contribution is -2.20. The van der Waals surface area contributed by atoms with Crippen molar-refractivity contribution in [3.8, 4) is 0 Å². The van der Waals surface area contributed by atoms with Crippen LogP contribution < -0.4 is 10.6 Å². The molecule has 0 atom stereocenters. The molecule has 6 nitrogen and oxygen atoms in total. The summed E-state index contributed by atoms with van der Waals surface area (Å²) < 4.78 is 0. The molecule has 0 bridgehead atoms. The molecule has 0 aliphatic rings. The van der Waals surface area contributed by atoms with Crippen LogP contribution in [0.3, 0.4) is 0 Å². The van der Waals surface area contributed by atoms with Crippen molar-refractivity contribution in [1.82, 2.24) is 0 Å². The number of para-hydroxylation sites is 2. The van der Waals surface area contributed by atoms with Crippen LogP contribution in [0.1, 0.15) is 0 Å². The number of nitrogens with one attached hydrogen (secondary N) is 2. The standard InChI is InChI=1S/C17H13N3O3/c21-17(19-15-7-3-4-8-16(15)20(22)23)18-14-10-9-12-5-1-2-6-13(12)11-14/h1-11H,(H2,18,19,21). The largest absolute Gasteiger partial charge is 0.323 e. The summed E-state index contributed by atoms with van der Waals surface area (Å²) in [5.74, 6) is 0. The quantitative estimate of drug-likeness (QED) is 0.556. The van der Waals surface area contributed by atoms with Gasteiger partial charge in [0.05, 0.1) is 4.92 Å². The number of urea groups is 1. The molecule has 0 aliphatic carbocycles. The van der Waals surface area contributed by atoms with Crippen LogP contribution in [0.15, 0.2) is 66.7 Å². The molecule has 0 unspecified atom stereocenters. The predicted molar refractivity (Wildman–Crippen MR) is 89.7 cm³/mol. The summed E-state index contributed by atoms with van der Waals surface area (Å²) in [7, 11) is 0. The zero-order chi connectivity index (χ0) is 16.2. The SMILES string of the molecule is O=C(Nc1ccc2ccccc2c1)Nc1ccccc1[N+](=O)[O-]. The minimum Gasteiger partial charge on any atom is -0.308 e. The van der Waals surface area contributed by atoms with Gasteiger partial charge in [-0.25, -0.2) is 4.79 Å². The van der Waals surface area contributed by atoms with Crippen LogP contribution in [-0.4, -0.2) is 11.0 Å². The van der Waals surface area contributed by atoms with Crippen molar-refractivity contribution < 1.29 is 9.72 Å². The first-order valence-electron chi connectivity index (χ1n) is 6.94. The highest BCUT2D eigenvalue weighted by atomic mass is 16.6. The van der Waals surface area contributed by atoms with E-state index in [0.29, 0.717) is 5.69 Å². The minimum atomic E-state index is -0.536. The molecule has 2 amide bonds. The molecule has 3 aromatic rings. The smallest absolute Gasteiger partial charge is 0.308 e. The van der Waals surface area contributed by atoms with Crippen LogP contribution in [0.4, 0.5) is 21.9 Å². The normalized spacial score (nSPS) is 10.3. The number of hydrogen-bond acceptors (Lipinski definition) is 3. The van der Waals surface area contributed by atoms with E-state index in [2.05, 4.69) is 10.6 Å². The molecule has 0 spiro atoms. The number of anilines is 2. The van der Waals surface area contributed by atoms with Crippen molar-refractivity contribution in [2.24, 2.45) is 0 Å². The van der Waals surface area contributed by atoms with Crippen LogP contribution >= 0.6 is 0 Å². The Hall–Kier alpha value is -3.41. The minimum absolute atomic E-state index is 0.149. The first kappa shape index (κ1) is 14.5. The van der Waals surface area contributed by atoms with Crippen molar-refractivity contribution in [1.29, 1.82) is 0 Å². The van der Waals surface area contributed by atoms with Gasteiger partial charge in [0.1, 0.15) is 5.69 Å². The van der Waals surface area contributed by atoms with E-state index in [-0.39, 0.29) is 11.4 Å². The molecule has 0 aliphatic heterocycles. The molecule has 0 saturated carbocycles. The summed E-state index contributed by atoms with van der Waals surface area (Å²) in [6.45, 7) is 0. The number of amides is 2. The summed E-state index contributed by atoms with van der Waals surface area (Å²) in [5.41, 5.74) is 0.608. The average Bonchev–Trinajstić information content (AvgIpc) is 2.55. The third-order valence-electron chi connectivity index (χ3n) is 3.36. The highest BCUT2D eigenvalue weighted by molar-refractivity contribution is 6.02. The number of nitrogens with zero attached hydrogens (tertiary/aromatic N) is 1. The molecular formula is C17H13N3O3. The van der Waals surface area contributed by atoms with E-state index in [9.17, 15) is 14.9 Å². The van der Waals surface area contributed by atoms with Gasteiger partial charge < -0.3 is 10.6 Å². The molecule has 0 fully saturated rings. The van der Waals surface area contributed by atoms with Gasteiger partial charge in [-0.2, -0.15) is 0 Å². The molecule has 0 saturated heterocycles. The van der Waals surface area contributed by atoms with Gasteiger partial charge in [-0.1, -0.05) is 42.5 Å². The number of hydrogen-bond donors (Lipinski definition) is 2. The van der Waals surface area contributed by atoms with Crippen LogP contribution in [0, 0.1) is 10.1 Å². The van der Waals surface area contributed by atoms with Crippen molar-refractivity contribution in [2.75, 3.05) is 10.6 Å². The Morgan fingerprint density at radius 2 is 1.57 bits per heavy atom. The number of carbonyl (C=O) groups is 1. The van der Waals surface area contributed by atoms with Crippen LogP contribution in [0.25, 0.3) is 10.8 Å². The lowest BCUT2D eigenvalue weighted by atomic mass is 10.1. The molecule has 0 heterocycles. The number of rotatable bonds is 3. The molecule has 0 radical (unpaired) electrons. The molecular weight excluding hydrogens is 294 g/mol. The third kappa shape index (κ3) is 3.26. The number of nitro benzene ring substituents is 1. The topological polar surface area (TPSA) is 84.3 Å². The maximum atomic E-state index is 12.0. The Balaban J connectivity index is 1.77. The lowest BCUT2D eigenvalue weighted by molar-refractivity contribution is -0.383. The first-order valence-corrected chi connectivity index (χ1v) is 6.94. The van der Waals surface area contributed by atoms with Gasteiger partial charge in [0.15, 0.2) is 0 Å². The van der Waals surface area contributed by atoms with E-state index < -0.39 is 11.0 Å². The zero-order valence-corrected chi connectivity index (χ0v) is 12.0. The Morgan fingerprint density at radius 1 is 0.870 bits per heavy atom. The summed E-state index contributed by atoms with van der Waals surface area (Å²) in [4.78, 5) is 22.5. The lowest BCUT2D eigenvalue weighted by Gasteiger charge is -2.08. The van der Waals surface area contributed by atoms with E-state index in [0.717, 1.165) is 10.8 Å². The number of benzene rings is 3. The van der Waals surface area contributed by atoms with E-state index in [1.165, 1.54) is 12.1 Å². The van der Waals surface area contributed by atoms with E-state index in [4.69, 9.17) is 0 Å². The number of fused-ring (bicyclic) bond motifs is 1. The first-order chi connectivity index (χ1) is 11.1. The Labute approximate surface area is 131 Å². The third-order valence-corrected chi connectivity index (χ3v) is 3.36. The molecule has 6 heteroatoms. The number of carbonyl (C=O) groups excluding carboxylic acids is 1. The summed E-state index contributed by atoms with van der Waals surface area (Å²) in [6, 6.07) is 18.8. The second-order valence-corrected chi connectivity index (χ2v) is 4.92. The fraction of sp³-hybridized carbons (Fsp3) is 0. The molecule has 114 valence electrons. The van der Waals surface area contributed by atoms with Crippen molar-refractivity contribution in [2.45, 2.75) is 0 Å². The van der Waals surface area contributed by atoms with Crippen LogP contribution in [0.2, 0.25) is 0 Å². The fourth-order valence-electron chi connectivity index (χ4n) is 2.29. The maximum Gasteiger partial charge on any atom is 0.323 e. The molecule has 0 aromatic heterocycles. The monoisotopic (exact) mass is 307 g/mol. The van der Waals surface area contributed by atoms with Crippen molar-refractivity contribution >= 4 is 33.9 Å². The van der Waals surface area contributed by atoms with Gasteiger partial charge in [-0.3, -0.25) is 10.1 Å². The molecule has 3 rings (SSSR count). The van der Waals surface area contributed by atoms with Gasteiger partial charge in [0.2, 0.25) is 0 Å². The highest BCUT2D eigenvalue weighted by Crippen LogP contribution is 2.24. The van der Waals surface area contributed by atoms with Crippen LogP contribution in [-0.2, 0) is 0 Å². The van der Waals surface area contributed by atoms with E-state index in [1.54, 1.807) is 18.2 Å². The Morgan fingerprint density at radius 3 is 2.35 bits per heavy atom. The highest BCUT2D eigenvalue weighted by Gasteiger charge is 2.14. The zero-order valence-electron chi connectivity index (χ0n) is 12.0. The summed E-state index contributed by atoms with van der Waals surface area (Å²) in [6.07, 6.45) is 0. The fourth-order valence-corrected chi connectivity index (χ4v) is 2.29. The van der Waals surface area contributed by atoms with Gasteiger partial charge in [0, 0.05) is 11.8 Å². The van der Waals surface area contributed by atoms with Gasteiger partial charge >= 0.3 is 6.03 Å². The Bertz CT molecular complexity index is 893. The second kappa shape index (κ2) is 6.15. The van der Waals surface area contributed by atoms with E-state index in [1.807, 2.05) is 36.4 Å². The van der Waals surface area contributed by atoms with Crippen molar-refractivity contribution in [3.05, 3.63) is 76.8 Å². The average molecular weight is 307 g/mol. The Kier molecular flexibility index (Phi) is 3.88. The summed E-state index contributed by atoms with van der Waals surface area (Å²) >= 11 is 0.